The summed E-state index contributed by atoms with van der Waals surface area (Å²) in [5.74, 6) is 0.108. The standard InChI is InChI=1S/C22H30N4O2/c1-25-15-8-12-19(25)20-11-6-3-7-16-26(20)21(27)13-14-23-22(28)24-17-18-9-4-2-5-10-18/h2,4-5,8-10,12,15,20H,3,6-7,11,13-14,16-17H2,1H3,(H2,23,24,28). The van der Waals surface area contributed by atoms with Gasteiger partial charge in [0.25, 0.3) is 0 Å². The summed E-state index contributed by atoms with van der Waals surface area (Å²) in [5, 5.41) is 5.62. The van der Waals surface area contributed by atoms with E-state index < -0.39 is 0 Å². The van der Waals surface area contributed by atoms with Crippen LogP contribution in [0.25, 0.3) is 0 Å². The van der Waals surface area contributed by atoms with E-state index in [1.165, 1.54) is 5.69 Å². The Bertz CT molecular complexity index is 772. The quantitative estimate of drug-likeness (QED) is 0.804. The van der Waals surface area contributed by atoms with Gasteiger partial charge in [-0.25, -0.2) is 4.79 Å². The van der Waals surface area contributed by atoms with Crippen molar-refractivity contribution in [3.63, 3.8) is 0 Å². The van der Waals surface area contributed by atoms with Gasteiger partial charge in [-0.2, -0.15) is 0 Å². The highest BCUT2D eigenvalue weighted by Crippen LogP contribution is 2.30. The number of carbonyl (C=O) groups is 2. The molecule has 2 aromatic rings. The van der Waals surface area contributed by atoms with Gasteiger partial charge in [0.2, 0.25) is 5.91 Å². The highest BCUT2D eigenvalue weighted by Gasteiger charge is 2.27. The number of benzene rings is 1. The van der Waals surface area contributed by atoms with E-state index in [9.17, 15) is 9.59 Å². The van der Waals surface area contributed by atoms with Crippen molar-refractivity contribution in [2.75, 3.05) is 13.1 Å². The van der Waals surface area contributed by atoms with Crippen LogP contribution >= 0.6 is 0 Å². The van der Waals surface area contributed by atoms with Gasteiger partial charge in [-0.1, -0.05) is 43.2 Å². The molecule has 1 unspecified atom stereocenters. The van der Waals surface area contributed by atoms with Crippen molar-refractivity contribution in [3.05, 3.63) is 59.9 Å². The number of rotatable bonds is 6. The molecule has 1 atom stereocenters. The number of amides is 3. The molecular weight excluding hydrogens is 352 g/mol. The van der Waals surface area contributed by atoms with Crippen LogP contribution in [0.4, 0.5) is 4.79 Å². The Kier molecular flexibility index (Phi) is 7.12. The summed E-state index contributed by atoms with van der Waals surface area (Å²) in [7, 11) is 2.03. The third kappa shape index (κ3) is 5.38. The van der Waals surface area contributed by atoms with Gasteiger partial charge in [-0.05, 0) is 30.5 Å². The number of nitrogens with zero attached hydrogens (tertiary/aromatic N) is 2. The number of hydrogen-bond donors (Lipinski definition) is 2. The Labute approximate surface area is 166 Å². The van der Waals surface area contributed by atoms with Crippen molar-refractivity contribution < 1.29 is 9.59 Å². The van der Waals surface area contributed by atoms with Gasteiger partial charge in [-0.15, -0.1) is 0 Å². The highest BCUT2D eigenvalue weighted by molar-refractivity contribution is 5.78. The van der Waals surface area contributed by atoms with E-state index in [1.807, 2.05) is 54.5 Å². The van der Waals surface area contributed by atoms with Crippen molar-refractivity contribution in [2.45, 2.75) is 44.7 Å². The minimum atomic E-state index is -0.244. The summed E-state index contributed by atoms with van der Waals surface area (Å²) < 4.78 is 2.10. The minimum Gasteiger partial charge on any atom is -0.353 e. The molecule has 3 amide bonds. The zero-order valence-electron chi connectivity index (χ0n) is 16.6. The predicted molar refractivity (Wildman–Crippen MR) is 110 cm³/mol. The van der Waals surface area contributed by atoms with Gasteiger partial charge in [0, 0.05) is 45.0 Å². The van der Waals surface area contributed by atoms with E-state index >= 15 is 0 Å². The first-order valence-corrected chi connectivity index (χ1v) is 10.1. The van der Waals surface area contributed by atoms with Gasteiger partial charge in [0.05, 0.1) is 6.04 Å². The molecule has 6 nitrogen and oxygen atoms in total. The Morgan fingerprint density at radius 3 is 2.61 bits per heavy atom. The van der Waals surface area contributed by atoms with E-state index in [0.717, 1.165) is 37.8 Å². The Morgan fingerprint density at radius 2 is 1.86 bits per heavy atom. The maximum atomic E-state index is 12.9. The van der Waals surface area contributed by atoms with Crippen LogP contribution in [-0.2, 0) is 18.4 Å². The average Bonchev–Trinajstić information content (AvgIpc) is 2.98. The van der Waals surface area contributed by atoms with Crippen molar-refractivity contribution in [2.24, 2.45) is 7.05 Å². The average molecular weight is 383 g/mol. The second-order valence-electron chi connectivity index (χ2n) is 7.34. The number of likely N-dealkylation sites (tertiary alicyclic amines) is 1. The molecule has 0 bridgehead atoms. The van der Waals surface area contributed by atoms with Crippen molar-refractivity contribution in [1.82, 2.24) is 20.1 Å². The fraction of sp³-hybridized carbons (Fsp3) is 0.455. The third-order valence-corrected chi connectivity index (χ3v) is 5.32. The Hall–Kier alpha value is -2.76. The lowest BCUT2D eigenvalue weighted by Crippen LogP contribution is -2.40. The summed E-state index contributed by atoms with van der Waals surface area (Å²) >= 11 is 0. The van der Waals surface area contributed by atoms with Gasteiger partial charge in [0.15, 0.2) is 0 Å². The first-order chi connectivity index (χ1) is 13.6. The van der Waals surface area contributed by atoms with Crippen LogP contribution in [0.2, 0.25) is 0 Å². The summed E-state index contributed by atoms with van der Waals surface area (Å²) in [4.78, 5) is 26.9. The number of aryl methyl sites for hydroxylation is 1. The van der Waals surface area contributed by atoms with Crippen LogP contribution < -0.4 is 10.6 Å². The molecule has 0 aliphatic carbocycles. The fourth-order valence-electron chi connectivity index (χ4n) is 3.80. The first kappa shape index (κ1) is 20.0. The van der Waals surface area contributed by atoms with Crippen LogP contribution in [-0.4, -0.2) is 34.5 Å². The molecule has 1 aliphatic heterocycles. The maximum Gasteiger partial charge on any atom is 0.315 e. The van der Waals surface area contributed by atoms with E-state index in [2.05, 4.69) is 21.3 Å². The fourth-order valence-corrected chi connectivity index (χ4v) is 3.80. The first-order valence-electron chi connectivity index (χ1n) is 10.1. The largest absolute Gasteiger partial charge is 0.353 e. The lowest BCUT2D eigenvalue weighted by atomic mass is 10.1. The van der Waals surface area contributed by atoms with Gasteiger partial charge < -0.3 is 20.1 Å². The SMILES string of the molecule is Cn1cccc1C1CCCCCN1C(=O)CCNC(=O)NCc1ccccc1. The van der Waals surface area contributed by atoms with Gasteiger partial charge in [-0.3, -0.25) is 4.79 Å². The lowest BCUT2D eigenvalue weighted by Gasteiger charge is -2.30. The van der Waals surface area contributed by atoms with E-state index in [1.54, 1.807) is 0 Å². The van der Waals surface area contributed by atoms with Crippen molar-refractivity contribution in [3.8, 4) is 0 Å². The van der Waals surface area contributed by atoms with E-state index in [-0.39, 0.29) is 18.0 Å². The molecular formula is C22H30N4O2. The minimum absolute atomic E-state index is 0.108. The predicted octanol–water partition coefficient (Wildman–Crippen LogP) is 3.36. The highest BCUT2D eigenvalue weighted by atomic mass is 16.2. The number of aromatic nitrogens is 1. The number of nitrogens with one attached hydrogen (secondary N) is 2. The number of urea groups is 1. The molecule has 1 saturated heterocycles. The van der Waals surface area contributed by atoms with Crippen LogP contribution in [0.15, 0.2) is 48.7 Å². The zero-order chi connectivity index (χ0) is 19.8. The lowest BCUT2D eigenvalue weighted by molar-refractivity contribution is -0.133. The topological polar surface area (TPSA) is 66.4 Å². The molecule has 0 saturated carbocycles. The van der Waals surface area contributed by atoms with Crippen molar-refractivity contribution in [1.29, 1.82) is 0 Å². The van der Waals surface area contributed by atoms with Gasteiger partial charge >= 0.3 is 6.03 Å². The van der Waals surface area contributed by atoms with Crippen LogP contribution in [0.3, 0.4) is 0 Å². The molecule has 6 heteroatoms. The molecule has 28 heavy (non-hydrogen) atoms. The molecule has 150 valence electrons. The van der Waals surface area contributed by atoms with E-state index in [4.69, 9.17) is 0 Å². The maximum absolute atomic E-state index is 12.9. The molecule has 2 heterocycles. The normalized spacial score (nSPS) is 17.0. The summed E-state index contributed by atoms with van der Waals surface area (Å²) in [6.07, 6.45) is 6.68. The third-order valence-electron chi connectivity index (χ3n) is 5.32. The molecule has 1 aromatic carbocycles. The van der Waals surface area contributed by atoms with Crippen LogP contribution in [0, 0.1) is 0 Å². The summed E-state index contributed by atoms with van der Waals surface area (Å²) in [5.41, 5.74) is 2.23. The van der Waals surface area contributed by atoms with Crippen LogP contribution in [0.1, 0.15) is 49.4 Å². The number of hydrogen-bond acceptors (Lipinski definition) is 2. The second kappa shape index (κ2) is 9.97. The smallest absolute Gasteiger partial charge is 0.315 e. The molecule has 1 aliphatic rings. The molecule has 0 spiro atoms. The molecule has 1 aromatic heterocycles. The van der Waals surface area contributed by atoms with Crippen LogP contribution in [0.5, 0.6) is 0 Å². The van der Waals surface area contributed by atoms with Gasteiger partial charge in [0.1, 0.15) is 0 Å². The zero-order valence-corrected chi connectivity index (χ0v) is 16.6. The van der Waals surface area contributed by atoms with E-state index in [0.29, 0.717) is 19.5 Å². The summed E-state index contributed by atoms with van der Waals surface area (Å²) in [6, 6.07) is 13.8. The Balaban J connectivity index is 1.48. The molecule has 3 rings (SSSR count). The monoisotopic (exact) mass is 382 g/mol. The molecule has 0 radical (unpaired) electrons. The molecule has 1 fully saturated rings. The molecule has 2 N–H and O–H groups in total. The number of carbonyl (C=O) groups excluding carboxylic acids is 2. The van der Waals surface area contributed by atoms with Crippen molar-refractivity contribution >= 4 is 11.9 Å². The Morgan fingerprint density at radius 1 is 1.04 bits per heavy atom. The summed E-state index contributed by atoms with van der Waals surface area (Å²) in [6.45, 7) is 1.60. The second-order valence-corrected chi connectivity index (χ2v) is 7.34.